The van der Waals surface area contributed by atoms with E-state index in [1.165, 1.54) is 0 Å². The van der Waals surface area contributed by atoms with E-state index in [0.29, 0.717) is 12.4 Å². The molecular formula is C26H34BClN4O4. The number of rotatable bonds is 4. The fourth-order valence-corrected chi connectivity index (χ4v) is 3.36. The van der Waals surface area contributed by atoms with Crippen LogP contribution in [0.2, 0.25) is 5.02 Å². The van der Waals surface area contributed by atoms with Gasteiger partial charge in [-0.25, -0.2) is 0 Å². The quantitative estimate of drug-likeness (QED) is 0.508. The molecule has 0 unspecified atom stereocenters. The molecular weight excluding hydrogens is 479 g/mol. The SMILES string of the molecule is Cc1cc(B2OC(C)(C)C(C)(C)O2)ccc1CNC(=O)c1noc(C(C)(C)C)n1.Clc1ccncc1. The molecule has 1 amide bonds. The molecule has 0 radical (unpaired) electrons. The van der Waals surface area contributed by atoms with Crippen LogP contribution in [0, 0.1) is 6.92 Å². The zero-order valence-electron chi connectivity index (χ0n) is 22.2. The summed E-state index contributed by atoms with van der Waals surface area (Å²) in [7, 11) is -0.405. The normalized spacial score (nSPS) is 16.3. The third-order valence-corrected chi connectivity index (χ3v) is 6.49. The van der Waals surface area contributed by atoms with Gasteiger partial charge in [-0.1, -0.05) is 55.7 Å². The Morgan fingerprint density at radius 2 is 1.67 bits per heavy atom. The van der Waals surface area contributed by atoms with Gasteiger partial charge in [-0.15, -0.1) is 0 Å². The lowest BCUT2D eigenvalue weighted by molar-refractivity contribution is 0.00578. The van der Waals surface area contributed by atoms with Crippen molar-refractivity contribution in [1.82, 2.24) is 20.4 Å². The number of hydrogen-bond donors (Lipinski definition) is 1. The van der Waals surface area contributed by atoms with Gasteiger partial charge in [-0.2, -0.15) is 4.98 Å². The van der Waals surface area contributed by atoms with Gasteiger partial charge in [0, 0.05) is 29.4 Å². The molecule has 192 valence electrons. The maximum absolute atomic E-state index is 12.4. The van der Waals surface area contributed by atoms with Gasteiger partial charge < -0.3 is 19.1 Å². The molecule has 36 heavy (non-hydrogen) atoms. The van der Waals surface area contributed by atoms with Crippen LogP contribution in [-0.2, 0) is 21.3 Å². The fourth-order valence-electron chi connectivity index (χ4n) is 3.25. The zero-order chi connectivity index (χ0) is 26.7. The van der Waals surface area contributed by atoms with Crippen LogP contribution in [0.15, 0.2) is 47.2 Å². The van der Waals surface area contributed by atoms with Crippen molar-refractivity contribution >= 4 is 30.1 Å². The van der Waals surface area contributed by atoms with Gasteiger partial charge in [0.2, 0.25) is 5.89 Å². The Bertz CT molecular complexity index is 1180. The highest BCUT2D eigenvalue weighted by atomic mass is 35.5. The highest BCUT2D eigenvalue weighted by Gasteiger charge is 2.51. The second kappa shape index (κ2) is 10.7. The number of aryl methyl sites for hydroxylation is 1. The van der Waals surface area contributed by atoms with Gasteiger partial charge in [0.1, 0.15) is 0 Å². The average Bonchev–Trinajstić information content (AvgIpc) is 3.36. The molecule has 3 aromatic rings. The number of amides is 1. The van der Waals surface area contributed by atoms with Crippen LogP contribution >= 0.6 is 11.6 Å². The topological polar surface area (TPSA) is 99.4 Å². The molecule has 4 rings (SSSR count). The minimum absolute atomic E-state index is 0.0430. The minimum atomic E-state index is -0.405. The third-order valence-electron chi connectivity index (χ3n) is 6.24. The molecule has 0 aliphatic carbocycles. The van der Waals surface area contributed by atoms with Crippen molar-refractivity contribution in [3.05, 3.63) is 70.6 Å². The number of halogens is 1. The molecule has 10 heteroatoms. The van der Waals surface area contributed by atoms with E-state index >= 15 is 0 Å². The number of aromatic nitrogens is 3. The standard InChI is InChI=1S/C21H30BN3O4.C5H4ClN/c1-13-11-15(22-28-20(5,6)21(7,8)29-22)10-9-14(13)12-23-17(26)16-24-18(27-25-16)19(2,3)4;6-5-1-3-7-4-2-5/h9-11H,12H2,1-8H3,(H,23,26);1-4H. The van der Waals surface area contributed by atoms with E-state index < -0.39 is 7.12 Å². The Balaban J connectivity index is 0.000000444. The minimum Gasteiger partial charge on any atom is -0.399 e. The Hall–Kier alpha value is -2.75. The van der Waals surface area contributed by atoms with Gasteiger partial charge in [-0.3, -0.25) is 9.78 Å². The fraction of sp³-hybridized carbons (Fsp3) is 0.462. The number of pyridine rings is 1. The second-order valence-electron chi connectivity index (χ2n) is 10.8. The molecule has 3 heterocycles. The first-order valence-corrected chi connectivity index (χ1v) is 12.2. The molecule has 0 bridgehead atoms. The lowest BCUT2D eigenvalue weighted by Crippen LogP contribution is -2.41. The molecule has 1 aliphatic heterocycles. The summed E-state index contributed by atoms with van der Waals surface area (Å²) in [5, 5.41) is 7.36. The van der Waals surface area contributed by atoms with Crippen LogP contribution in [0.4, 0.5) is 0 Å². The molecule has 0 spiro atoms. The third kappa shape index (κ3) is 6.72. The summed E-state index contributed by atoms with van der Waals surface area (Å²) >= 11 is 5.50. The summed E-state index contributed by atoms with van der Waals surface area (Å²) in [6.45, 7) is 16.4. The first kappa shape index (κ1) is 27.8. The van der Waals surface area contributed by atoms with E-state index in [4.69, 9.17) is 25.4 Å². The number of nitrogens with zero attached hydrogens (tertiary/aromatic N) is 3. The largest absolute Gasteiger partial charge is 0.494 e. The molecule has 1 fully saturated rings. The lowest BCUT2D eigenvalue weighted by atomic mass is 9.78. The van der Waals surface area contributed by atoms with Crippen molar-refractivity contribution in [1.29, 1.82) is 0 Å². The van der Waals surface area contributed by atoms with Gasteiger partial charge in [0.15, 0.2) is 0 Å². The van der Waals surface area contributed by atoms with Gasteiger partial charge >= 0.3 is 7.12 Å². The summed E-state index contributed by atoms with van der Waals surface area (Å²) < 4.78 is 17.4. The maximum atomic E-state index is 12.4. The van der Waals surface area contributed by atoms with Crippen LogP contribution in [0.25, 0.3) is 0 Å². The van der Waals surface area contributed by atoms with E-state index in [-0.39, 0.29) is 28.3 Å². The average molecular weight is 513 g/mol. The zero-order valence-corrected chi connectivity index (χ0v) is 22.9. The molecule has 1 N–H and O–H groups in total. The Morgan fingerprint density at radius 3 is 2.14 bits per heavy atom. The number of benzene rings is 1. The van der Waals surface area contributed by atoms with Crippen molar-refractivity contribution in [3.8, 4) is 0 Å². The molecule has 8 nitrogen and oxygen atoms in total. The summed E-state index contributed by atoms with van der Waals surface area (Å²) in [6.07, 6.45) is 3.31. The van der Waals surface area contributed by atoms with Crippen LogP contribution in [-0.4, -0.2) is 39.4 Å². The van der Waals surface area contributed by atoms with E-state index in [1.54, 1.807) is 24.5 Å². The maximum Gasteiger partial charge on any atom is 0.494 e. The summed E-state index contributed by atoms with van der Waals surface area (Å²) in [5.74, 6) is 0.116. The molecule has 0 saturated carbocycles. The summed E-state index contributed by atoms with van der Waals surface area (Å²) in [6, 6.07) is 9.47. The summed E-state index contributed by atoms with van der Waals surface area (Å²) in [5.41, 5.74) is 1.94. The van der Waals surface area contributed by atoms with E-state index in [0.717, 1.165) is 21.6 Å². The van der Waals surface area contributed by atoms with Crippen LogP contribution in [0.1, 0.15) is 76.1 Å². The van der Waals surface area contributed by atoms with E-state index in [2.05, 4.69) is 20.4 Å². The molecule has 1 aliphatic rings. The van der Waals surface area contributed by atoms with Crippen molar-refractivity contribution in [3.63, 3.8) is 0 Å². The smallest absolute Gasteiger partial charge is 0.399 e. The predicted molar refractivity (Wildman–Crippen MR) is 140 cm³/mol. The van der Waals surface area contributed by atoms with Crippen LogP contribution in [0.5, 0.6) is 0 Å². The van der Waals surface area contributed by atoms with Crippen molar-refractivity contribution in [2.24, 2.45) is 0 Å². The van der Waals surface area contributed by atoms with Crippen LogP contribution < -0.4 is 10.8 Å². The second-order valence-corrected chi connectivity index (χ2v) is 11.2. The van der Waals surface area contributed by atoms with Crippen molar-refractivity contribution in [2.45, 2.75) is 78.6 Å². The van der Waals surface area contributed by atoms with Crippen LogP contribution in [0.3, 0.4) is 0 Å². The van der Waals surface area contributed by atoms with Gasteiger partial charge in [0.05, 0.1) is 11.2 Å². The first-order valence-electron chi connectivity index (χ1n) is 11.8. The first-order chi connectivity index (χ1) is 16.7. The van der Waals surface area contributed by atoms with E-state index in [1.807, 2.05) is 73.6 Å². The summed E-state index contributed by atoms with van der Waals surface area (Å²) in [4.78, 5) is 20.3. The number of nitrogens with one attached hydrogen (secondary N) is 1. The lowest BCUT2D eigenvalue weighted by Gasteiger charge is -2.32. The molecule has 1 aromatic carbocycles. The van der Waals surface area contributed by atoms with Crippen molar-refractivity contribution in [2.75, 3.05) is 0 Å². The number of hydrogen-bond acceptors (Lipinski definition) is 7. The highest BCUT2D eigenvalue weighted by Crippen LogP contribution is 2.36. The molecule has 2 aromatic heterocycles. The number of carbonyl (C=O) groups is 1. The Kier molecular flexibility index (Phi) is 8.28. The monoisotopic (exact) mass is 512 g/mol. The Morgan fingerprint density at radius 1 is 1.06 bits per heavy atom. The highest BCUT2D eigenvalue weighted by molar-refractivity contribution is 6.62. The van der Waals surface area contributed by atoms with E-state index in [9.17, 15) is 4.79 Å². The van der Waals surface area contributed by atoms with Gasteiger partial charge in [0.25, 0.3) is 11.7 Å². The van der Waals surface area contributed by atoms with Gasteiger partial charge in [-0.05, 0) is 63.3 Å². The number of carbonyl (C=O) groups excluding carboxylic acids is 1. The Labute approximate surface area is 218 Å². The predicted octanol–water partition coefficient (Wildman–Crippen LogP) is 4.64. The van der Waals surface area contributed by atoms with Crippen molar-refractivity contribution < 1.29 is 18.6 Å². The molecule has 0 atom stereocenters. The molecule has 1 saturated heterocycles.